The number of oxime groups is 1. The van der Waals surface area contributed by atoms with Crippen LogP contribution in [0.15, 0.2) is 60.1 Å². The van der Waals surface area contributed by atoms with Crippen LogP contribution in [0, 0.1) is 5.92 Å². The van der Waals surface area contributed by atoms with E-state index in [1.54, 1.807) is 24.5 Å². The molecule has 11 heteroatoms. The standard InChI is InChI=1S/C27H35N5O6/c1-16(2)26(37-4)24(25(35)17(3)33)32-38-15-23(34)31-22(27(36)30-19-9-11-28-12-10-19)13-18-14-29-21-8-6-5-7-20(18)21/h5-12,14,16-17,22,25-26,29,33,35H,13,15H2,1-4H3,(H,31,34)(H,28,30,36)/b32-24+/t17-,22+,25?,26+/m1/s1. The second-order valence-electron chi connectivity index (χ2n) is 9.28. The second-order valence-corrected chi connectivity index (χ2v) is 9.28. The summed E-state index contributed by atoms with van der Waals surface area (Å²) in [6.45, 7) is 4.62. The van der Waals surface area contributed by atoms with Crippen LogP contribution in [-0.2, 0) is 25.6 Å². The summed E-state index contributed by atoms with van der Waals surface area (Å²) in [6.07, 6.45) is 2.04. The summed E-state index contributed by atoms with van der Waals surface area (Å²) in [5.74, 6) is -1.09. The third-order valence-electron chi connectivity index (χ3n) is 5.98. The number of rotatable bonds is 13. The van der Waals surface area contributed by atoms with Crippen molar-refractivity contribution >= 4 is 34.1 Å². The monoisotopic (exact) mass is 525 g/mol. The van der Waals surface area contributed by atoms with Gasteiger partial charge in [0.25, 0.3) is 5.91 Å². The maximum atomic E-state index is 13.2. The van der Waals surface area contributed by atoms with Crippen LogP contribution in [0.25, 0.3) is 10.9 Å². The van der Waals surface area contributed by atoms with E-state index < -0.39 is 42.8 Å². The number of aliphatic hydroxyl groups is 2. The number of aromatic amines is 1. The first-order valence-electron chi connectivity index (χ1n) is 12.3. The molecule has 0 bridgehead atoms. The van der Waals surface area contributed by atoms with Gasteiger partial charge in [0, 0.05) is 48.7 Å². The first kappa shape index (κ1) is 28.8. The number of fused-ring (bicyclic) bond motifs is 1. The average Bonchev–Trinajstić information content (AvgIpc) is 3.30. The minimum absolute atomic E-state index is 0.0658. The van der Waals surface area contributed by atoms with E-state index in [9.17, 15) is 19.8 Å². The number of ether oxygens (including phenoxy) is 1. The van der Waals surface area contributed by atoms with Gasteiger partial charge in [-0.05, 0) is 36.6 Å². The number of carbonyl (C=O) groups excluding carboxylic acids is 2. The van der Waals surface area contributed by atoms with E-state index in [1.807, 2.05) is 44.3 Å². The van der Waals surface area contributed by atoms with Crippen molar-refractivity contribution < 1.29 is 29.4 Å². The van der Waals surface area contributed by atoms with Gasteiger partial charge in [-0.25, -0.2) is 0 Å². The molecule has 1 unspecified atom stereocenters. The highest BCUT2D eigenvalue weighted by atomic mass is 16.6. The zero-order valence-corrected chi connectivity index (χ0v) is 21.9. The van der Waals surface area contributed by atoms with Gasteiger partial charge in [-0.2, -0.15) is 0 Å². The number of benzene rings is 1. The van der Waals surface area contributed by atoms with Crippen LogP contribution in [0.3, 0.4) is 0 Å². The molecular weight excluding hydrogens is 490 g/mol. The van der Waals surface area contributed by atoms with Gasteiger partial charge in [-0.3, -0.25) is 14.6 Å². The summed E-state index contributed by atoms with van der Waals surface area (Å²) < 4.78 is 5.41. The van der Waals surface area contributed by atoms with Gasteiger partial charge in [-0.15, -0.1) is 0 Å². The molecule has 204 valence electrons. The Morgan fingerprint density at radius 2 is 1.82 bits per heavy atom. The van der Waals surface area contributed by atoms with E-state index in [-0.39, 0.29) is 18.1 Å². The molecule has 3 aromatic rings. The molecule has 38 heavy (non-hydrogen) atoms. The van der Waals surface area contributed by atoms with E-state index in [1.165, 1.54) is 14.0 Å². The predicted octanol–water partition coefficient (Wildman–Crippen LogP) is 2.01. The third kappa shape index (κ3) is 7.60. The number of amides is 2. The lowest BCUT2D eigenvalue weighted by molar-refractivity contribution is -0.129. The molecule has 0 spiro atoms. The Morgan fingerprint density at radius 3 is 2.47 bits per heavy atom. The Balaban J connectivity index is 1.75. The van der Waals surface area contributed by atoms with Crippen LogP contribution in [0.4, 0.5) is 5.69 Å². The van der Waals surface area contributed by atoms with Crippen molar-refractivity contribution in [2.24, 2.45) is 11.1 Å². The number of carbonyl (C=O) groups is 2. The summed E-state index contributed by atoms with van der Waals surface area (Å²) in [4.78, 5) is 38.3. The Kier molecular flexibility index (Phi) is 10.3. The van der Waals surface area contributed by atoms with Crippen LogP contribution in [-0.4, -0.2) is 75.8 Å². The highest BCUT2D eigenvalue weighted by molar-refractivity contribution is 5.98. The topological polar surface area (TPSA) is 158 Å². The molecule has 0 radical (unpaired) electrons. The number of aliphatic hydroxyl groups excluding tert-OH is 2. The smallest absolute Gasteiger partial charge is 0.261 e. The van der Waals surface area contributed by atoms with Crippen LogP contribution in [0.2, 0.25) is 0 Å². The minimum Gasteiger partial charge on any atom is -0.390 e. The van der Waals surface area contributed by atoms with Gasteiger partial charge in [0.05, 0.1) is 6.10 Å². The highest BCUT2D eigenvalue weighted by Gasteiger charge is 2.30. The average molecular weight is 526 g/mol. The maximum absolute atomic E-state index is 13.2. The molecule has 0 saturated heterocycles. The van der Waals surface area contributed by atoms with Gasteiger partial charge in [0.1, 0.15) is 24.0 Å². The number of hydrogen-bond donors (Lipinski definition) is 5. The fourth-order valence-electron chi connectivity index (χ4n) is 4.05. The Morgan fingerprint density at radius 1 is 1.11 bits per heavy atom. The third-order valence-corrected chi connectivity index (χ3v) is 5.98. The fraction of sp³-hybridized carbons (Fsp3) is 0.407. The highest BCUT2D eigenvalue weighted by Crippen LogP contribution is 2.20. The zero-order valence-electron chi connectivity index (χ0n) is 21.9. The van der Waals surface area contributed by atoms with Gasteiger partial charge >= 0.3 is 0 Å². The van der Waals surface area contributed by atoms with Crippen molar-refractivity contribution in [2.45, 2.75) is 51.5 Å². The van der Waals surface area contributed by atoms with Crippen LogP contribution >= 0.6 is 0 Å². The number of aromatic nitrogens is 2. The van der Waals surface area contributed by atoms with E-state index in [0.29, 0.717) is 5.69 Å². The van der Waals surface area contributed by atoms with E-state index in [0.717, 1.165) is 16.5 Å². The molecule has 0 aliphatic rings. The van der Waals surface area contributed by atoms with E-state index in [4.69, 9.17) is 9.57 Å². The van der Waals surface area contributed by atoms with Crippen molar-refractivity contribution in [3.05, 3.63) is 60.6 Å². The fourth-order valence-corrected chi connectivity index (χ4v) is 4.05. The number of nitrogens with zero attached hydrogens (tertiary/aromatic N) is 2. The summed E-state index contributed by atoms with van der Waals surface area (Å²) in [6, 6.07) is 10.1. The summed E-state index contributed by atoms with van der Waals surface area (Å²) in [5, 5.41) is 30.6. The molecule has 5 N–H and O–H groups in total. The Labute approximate surface area is 221 Å². The molecule has 11 nitrogen and oxygen atoms in total. The molecule has 0 fully saturated rings. The molecule has 0 aliphatic carbocycles. The van der Waals surface area contributed by atoms with E-state index in [2.05, 4.69) is 25.8 Å². The number of nitrogens with one attached hydrogen (secondary N) is 3. The first-order valence-corrected chi connectivity index (χ1v) is 12.3. The molecule has 0 saturated carbocycles. The molecule has 2 heterocycles. The first-order chi connectivity index (χ1) is 18.2. The number of para-hydroxylation sites is 1. The minimum atomic E-state index is -1.34. The van der Waals surface area contributed by atoms with E-state index >= 15 is 0 Å². The molecule has 3 rings (SSSR count). The summed E-state index contributed by atoms with van der Waals surface area (Å²) in [7, 11) is 1.46. The summed E-state index contributed by atoms with van der Waals surface area (Å²) in [5.41, 5.74) is 2.38. The molecule has 2 aromatic heterocycles. The largest absolute Gasteiger partial charge is 0.390 e. The SMILES string of the molecule is CO[C@H](/C(=N/OCC(=O)N[C@@H](Cc1c[nH]c2ccccc12)C(=O)Nc1ccncc1)C(O)[C@@H](C)O)C(C)C. The molecule has 1 aromatic carbocycles. The van der Waals surface area contributed by atoms with Crippen LogP contribution in [0.1, 0.15) is 26.3 Å². The summed E-state index contributed by atoms with van der Waals surface area (Å²) >= 11 is 0. The lowest BCUT2D eigenvalue weighted by Gasteiger charge is -2.25. The number of methoxy groups -OCH3 is 1. The lowest BCUT2D eigenvalue weighted by atomic mass is 9.96. The van der Waals surface area contributed by atoms with Crippen LogP contribution in [0.5, 0.6) is 0 Å². The van der Waals surface area contributed by atoms with Crippen molar-refractivity contribution in [3.8, 4) is 0 Å². The molecular formula is C27H35N5O6. The molecule has 4 atom stereocenters. The predicted molar refractivity (Wildman–Crippen MR) is 144 cm³/mol. The van der Waals surface area contributed by atoms with Crippen molar-refractivity contribution in [1.82, 2.24) is 15.3 Å². The van der Waals surface area contributed by atoms with Gasteiger partial charge in [-0.1, -0.05) is 37.2 Å². The Hall–Kier alpha value is -3.80. The quantitative estimate of drug-likeness (QED) is 0.169. The number of pyridine rings is 1. The van der Waals surface area contributed by atoms with Crippen molar-refractivity contribution in [3.63, 3.8) is 0 Å². The zero-order chi connectivity index (χ0) is 27.7. The van der Waals surface area contributed by atoms with Gasteiger partial charge in [0.15, 0.2) is 6.61 Å². The van der Waals surface area contributed by atoms with Crippen molar-refractivity contribution in [1.29, 1.82) is 0 Å². The Bertz CT molecular complexity index is 1230. The second kappa shape index (κ2) is 13.7. The van der Waals surface area contributed by atoms with Crippen LogP contribution < -0.4 is 10.6 Å². The normalized spacial score (nSPS) is 15.1. The van der Waals surface area contributed by atoms with Crippen molar-refractivity contribution in [2.75, 3.05) is 19.0 Å². The maximum Gasteiger partial charge on any atom is 0.261 e. The number of H-pyrrole nitrogens is 1. The van der Waals surface area contributed by atoms with Gasteiger partial charge < -0.3 is 35.4 Å². The number of anilines is 1. The molecule has 2 amide bonds. The lowest BCUT2D eigenvalue weighted by Crippen LogP contribution is -2.46. The molecule has 0 aliphatic heterocycles. The van der Waals surface area contributed by atoms with Gasteiger partial charge in [0.2, 0.25) is 5.91 Å². The number of hydrogen-bond acceptors (Lipinski definition) is 8.